The van der Waals surface area contributed by atoms with E-state index in [1.807, 2.05) is 7.05 Å². The molecule has 1 aromatic carbocycles. The van der Waals surface area contributed by atoms with Crippen LogP contribution in [0.15, 0.2) is 24.3 Å². The highest BCUT2D eigenvalue weighted by molar-refractivity contribution is 5.24. The number of ether oxygens (including phenoxy) is 2. The molecule has 1 aliphatic heterocycles. The summed E-state index contributed by atoms with van der Waals surface area (Å²) < 4.78 is 11.3. The largest absolute Gasteiger partial charge is 0.381 e. The molecule has 1 saturated heterocycles. The maximum Gasteiger partial charge on any atom is 0.0720 e. The van der Waals surface area contributed by atoms with E-state index < -0.39 is 0 Å². The van der Waals surface area contributed by atoms with Crippen LogP contribution in [0.4, 0.5) is 0 Å². The van der Waals surface area contributed by atoms with Crippen LogP contribution in [0.2, 0.25) is 0 Å². The molecule has 0 spiro atoms. The molecule has 19 heavy (non-hydrogen) atoms. The Bertz CT molecular complexity index is 358. The minimum Gasteiger partial charge on any atom is -0.381 e. The zero-order valence-electron chi connectivity index (χ0n) is 12.0. The number of hydrogen-bond acceptors (Lipinski definition) is 3. The second kappa shape index (κ2) is 7.63. The maximum atomic E-state index is 5.92. The lowest BCUT2D eigenvalue weighted by molar-refractivity contribution is -0.0390. The molecule has 0 bridgehead atoms. The summed E-state index contributed by atoms with van der Waals surface area (Å²) >= 11 is 0. The van der Waals surface area contributed by atoms with Crippen LogP contribution in [0.5, 0.6) is 0 Å². The van der Waals surface area contributed by atoms with Gasteiger partial charge >= 0.3 is 0 Å². The molecule has 1 heterocycles. The Labute approximate surface area is 116 Å². The van der Waals surface area contributed by atoms with E-state index in [-0.39, 0.29) is 0 Å². The Morgan fingerprint density at radius 1 is 1.26 bits per heavy atom. The van der Waals surface area contributed by atoms with Crippen LogP contribution >= 0.6 is 0 Å². The van der Waals surface area contributed by atoms with Crippen LogP contribution in [0.25, 0.3) is 0 Å². The van der Waals surface area contributed by atoms with Crippen molar-refractivity contribution in [2.75, 3.05) is 26.8 Å². The first kappa shape index (κ1) is 14.5. The van der Waals surface area contributed by atoms with E-state index in [1.165, 1.54) is 11.1 Å². The Balaban J connectivity index is 1.81. The van der Waals surface area contributed by atoms with Crippen molar-refractivity contribution >= 4 is 0 Å². The number of benzene rings is 1. The van der Waals surface area contributed by atoms with Crippen molar-refractivity contribution in [3.8, 4) is 0 Å². The predicted octanol–water partition coefficient (Wildman–Crippen LogP) is 2.71. The Kier molecular flexibility index (Phi) is 5.83. The smallest absolute Gasteiger partial charge is 0.0720 e. The average molecular weight is 263 g/mol. The Morgan fingerprint density at radius 2 is 1.95 bits per heavy atom. The topological polar surface area (TPSA) is 30.5 Å². The van der Waals surface area contributed by atoms with Crippen molar-refractivity contribution in [1.29, 1.82) is 0 Å². The minimum absolute atomic E-state index is 0.372. The van der Waals surface area contributed by atoms with E-state index in [4.69, 9.17) is 9.47 Å². The van der Waals surface area contributed by atoms with Gasteiger partial charge in [-0.05, 0) is 36.9 Å². The fourth-order valence-corrected chi connectivity index (χ4v) is 2.42. The number of nitrogens with one attached hydrogen (secondary N) is 1. The third-order valence-corrected chi connectivity index (χ3v) is 3.71. The fraction of sp³-hybridized carbons (Fsp3) is 0.625. The summed E-state index contributed by atoms with van der Waals surface area (Å²) in [7, 11) is 1.99. The zero-order chi connectivity index (χ0) is 13.5. The molecule has 1 aromatic rings. The van der Waals surface area contributed by atoms with Crippen molar-refractivity contribution in [3.05, 3.63) is 35.4 Å². The standard InChI is InChI=1S/C16H25NO2/c1-13(11-17-2)15-5-3-14(4-6-15)12-19-16-7-9-18-10-8-16/h3-6,13,16-17H,7-12H2,1-2H3. The van der Waals surface area contributed by atoms with E-state index in [0.29, 0.717) is 18.6 Å². The molecule has 1 atom stereocenters. The molecule has 106 valence electrons. The van der Waals surface area contributed by atoms with Gasteiger partial charge in [0.15, 0.2) is 0 Å². The molecule has 1 N–H and O–H groups in total. The van der Waals surface area contributed by atoms with Crippen molar-refractivity contribution < 1.29 is 9.47 Å². The lowest BCUT2D eigenvalue weighted by Crippen LogP contribution is -2.23. The molecule has 1 fully saturated rings. The van der Waals surface area contributed by atoms with Crippen LogP contribution in [0.1, 0.15) is 36.8 Å². The van der Waals surface area contributed by atoms with Crippen molar-refractivity contribution in [1.82, 2.24) is 5.32 Å². The van der Waals surface area contributed by atoms with Gasteiger partial charge in [-0.3, -0.25) is 0 Å². The second-order valence-corrected chi connectivity index (χ2v) is 5.32. The van der Waals surface area contributed by atoms with E-state index in [2.05, 4.69) is 36.5 Å². The molecular formula is C16H25NO2. The quantitative estimate of drug-likeness (QED) is 0.856. The van der Waals surface area contributed by atoms with Gasteiger partial charge < -0.3 is 14.8 Å². The maximum absolute atomic E-state index is 5.92. The molecule has 1 unspecified atom stereocenters. The molecule has 3 heteroatoms. The first-order valence-corrected chi connectivity index (χ1v) is 7.22. The lowest BCUT2D eigenvalue weighted by Gasteiger charge is -2.22. The van der Waals surface area contributed by atoms with Crippen molar-refractivity contribution in [2.24, 2.45) is 0 Å². The van der Waals surface area contributed by atoms with Gasteiger partial charge in [-0.1, -0.05) is 31.2 Å². The van der Waals surface area contributed by atoms with E-state index >= 15 is 0 Å². The molecule has 0 aliphatic carbocycles. The van der Waals surface area contributed by atoms with Crippen LogP contribution in [-0.4, -0.2) is 32.9 Å². The molecule has 0 aromatic heterocycles. The van der Waals surface area contributed by atoms with Gasteiger partial charge in [-0.25, -0.2) is 0 Å². The average Bonchev–Trinajstić information content (AvgIpc) is 2.47. The third-order valence-electron chi connectivity index (χ3n) is 3.71. The number of likely N-dealkylation sites (N-methyl/N-ethyl adjacent to an activating group) is 1. The first-order valence-electron chi connectivity index (χ1n) is 7.22. The van der Waals surface area contributed by atoms with Crippen molar-refractivity contribution in [2.45, 2.75) is 38.4 Å². The third kappa shape index (κ3) is 4.60. The molecule has 1 aliphatic rings. The van der Waals surface area contributed by atoms with Crippen LogP contribution < -0.4 is 5.32 Å². The van der Waals surface area contributed by atoms with Crippen LogP contribution in [0, 0.1) is 0 Å². The van der Waals surface area contributed by atoms with Crippen LogP contribution in [0.3, 0.4) is 0 Å². The SMILES string of the molecule is CNCC(C)c1ccc(COC2CCOCC2)cc1. The fourth-order valence-electron chi connectivity index (χ4n) is 2.42. The molecule has 0 amide bonds. The Hall–Kier alpha value is -0.900. The highest BCUT2D eigenvalue weighted by Gasteiger charge is 2.14. The highest BCUT2D eigenvalue weighted by Crippen LogP contribution is 2.17. The number of rotatable bonds is 6. The highest BCUT2D eigenvalue weighted by atomic mass is 16.5. The number of hydrogen-bond donors (Lipinski definition) is 1. The molecule has 0 radical (unpaired) electrons. The zero-order valence-corrected chi connectivity index (χ0v) is 12.0. The van der Waals surface area contributed by atoms with E-state index in [0.717, 1.165) is 32.6 Å². The minimum atomic E-state index is 0.372. The summed E-state index contributed by atoms with van der Waals surface area (Å²) in [6.07, 6.45) is 2.42. The molecular weight excluding hydrogens is 238 g/mol. The summed E-state index contributed by atoms with van der Waals surface area (Å²) in [4.78, 5) is 0. The predicted molar refractivity (Wildman–Crippen MR) is 77.4 cm³/mol. The molecule has 3 nitrogen and oxygen atoms in total. The van der Waals surface area contributed by atoms with E-state index in [1.54, 1.807) is 0 Å². The van der Waals surface area contributed by atoms with Crippen molar-refractivity contribution in [3.63, 3.8) is 0 Å². The van der Waals surface area contributed by atoms with Gasteiger partial charge in [-0.15, -0.1) is 0 Å². The molecule has 0 saturated carbocycles. The second-order valence-electron chi connectivity index (χ2n) is 5.32. The molecule has 2 rings (SSSR count). The van der Waals surface area contributed by atoms with Crippen LogP contribution in [-0.2, 0) is 16.1 Å². The lowest BCUT2D eigenvalue weighted by atomic mass is 10.00. The van der Waals surface area contributed by atoms with E-state index in [9.17, 15) is 0 Å². The van der Waals surface area contributed by atoms with Gasteiger partial charge in [0.1, 0.15) is 0 Å². The van der Waals surface area contributed by atoms with Gasteiger partial charge in [0.2, 0.25) is 0 Å². The first-order chi connectivity index (χ1) is 9.29. The Morgan fingerprint density at radius 3 is 2.58 bits per heavy atom. The summed E-state index contributed by atoms with van der Waals surface area (Å²) in [5.41, 5.74) is 2.64. The van der Waals surface area contributed by atoms with Gasteiger partial charge in [0.25, 0.3) is 0 Å². The monoisotopic (exact) mass is 263 g/mol. The van der Waals surface area contributed by atoms with Gasteiger partial charge in [-0.2, -0.15) is 0 Å². The summed E-state index contributed by atoms with van der Waals surface area (Å²) in [6.45, 7) is 5.64. The van der Waals surface area contributed by atoms with Gasteiger partial charge in [0, 0.05) is 19.8 Å². The summed E-state index contributed by atoms with van der Waals surface area (Å²) in [5, 5.41) is 3.21. The normalized spacial score (nSPS) is 18.4. The summed E-state index contributed by atoms with van der Waals surface area (Å²) in [6, 6.07) is 8.79. The van der Waals surface area contributed by atoms with Gasteiger partial charge in [0.05, 0.1) is 12.7 Å². The summed E-state index contributed by atoms with van der Waals surface area (Å²) in [5.74, 6) is 0.551.